The Morgan fingerprint density at radius 3 is 2.68 bits per heavy atom. The minimum absolute atomic E-state index is 0. The molecular weight excluding hydrogens is 425 g/mol. The Labute approximate surface area is 206 Å². The zero-order valence-corrected chi connectivity index (χ0v) is 20.7. The molecular formula is C22H24N3NaO4S. The van der Waals surface area contributed by atoms with Gasteiger partial charge in [0.1, 0.15) is 5.75 Å². The van der Waals surface area contributed by atoms with E-state index < -0.39 is 16.6 Å². The van der Waals surface area contributed by atoms with Crippen molar-refractivity contribution < 1.29 is 48.0 Å². The van der Waals surface area contributed by atoms with Crippen molar-refractivity contribution in [1.29, 1.82) is 0 Å². The molecule has 7 nitrogen and oxygen atoms in total. The summed E-state index contributed by atoms with van der Waals surface area (Å²) in [5.74, 6) is 0.660. The van der Waals surface area contributed by atoms with Gasteiger partial charge in [-0.3, -0.25) is 9.19 Å². The van der Waals surface area contributed by atoms with E-state index in [9.17, 15) is 4.21 Å². The smallest absolute Gasteiger partial charge is 0.490 e. The molecule has 2 aromatic heterocycles. The van der Waals surface area contributed by atoms with Gasteiger partial charge in [-0.05, 0) is 36.9 Å². The summed E-state index contributed by atoms with van der Waals surface area (Å²) in [6, 6.07) is 9.42. The summed E-state index contributed by atoms with van der Waals surface area (Å²) < 4.78 is 30.7. The molecule has 0 bridgehead atoms. The Kier molecular flexibility index (Phi) is 7.15. The van der Waals surface area contributed by atoms with Crippen LogP contribution in [0.5, 0.6) is 5.75 Å². The first kappa shape index (κ1) is 22.9. The minimum Gasteiger partial charge on any atom is -0.490 e. The number of aromatic nitrogens is 3. The second-order valence-corrected chi connectivity index (χ2v) is 9.14. The third kappa shape index (κ3) is 4.89. The van der Waals surface area contributed by atoms with Crippen molar-refractivity contribution in [2.45, 2.75) is 55.4 Å². The summed E-state index contributed by atoms with van der Waals surface area (Å²) in [6.07, 6.45) is 5.30. The molecule has 1 spiro atoms. The van der Waals surface area contributed by atoms with Crippen molar-refractivity contribution in [3.8, 4) is 5.75 Å². The number of imidazole rings is 1. The molecule has 1 aliphatic heterocycles. The van der Waals surface area contributed by atoms with Crippen LogP contribution < -0.4 is 39.3 Å². The average Bonchev–Trinajstić information content (AvgIpc) is 3.40. The maximum absolute atomic E-state index is 12.9. The number of rotatable bonds is 5. The van der Waals surface area contributed by atoms with Gasteiger partial charge < -0.3 is 24.2 Å². The summed E-state index contributed by atoms with van der Waals surface area (Å²) in [5.41, 5.74) is 3.17. The maximum atomic E-state index is 12.9. The Morgan fingerprint density at radius 2 is 1.94 bits per heavy atom. The van der Waals surface area contributed by atoms with Gasteiger partial charge >= 0.3 is 29.6 Å². The molecule has 1 aromatic carbocycles. The van der Waals surface area contributed by atoms with Crippen LogP contribution in [0.4, 0.5) is 0 Å². The van der Waals surface area contributed by atoms with Gasteiger partial charge in [-0.2, -0.15) is 0 Å². The predicted molar refractivity (Wildman–Crippen MR) is 112 cm³/mol. The molecule has 0 radical (unpaired) electrons. The predicted octanol–water partition coefficient (Wildman–Crippen LogP) is 0.272. The van der Waals surface area contributed by atoms with Crippen LogP contribution in [0.25, 0.3) is 11.0 Å². The van der Waals surface area contributed by atoms with E-state index in [2.05, 4.69) is 15.0 Å². The third-order valence-corrected chi connectivity index (χ3v) is 6.97. The van der Waals surface area contributed by atoms with Gasteiger partial charge in [0.25, 0.3) is 0 Å². The molecule has 0 amide bonds. The number of ether oxygens (including phenoxy) is 3. The first-order chi connectivity index (χ1) is 14.6. The molecule has 0 N–H and O–H groups in total. The molecule has 1 atom stereocenters. The normalized spacial score (nSPS) is 19.4. The van der Waals surface area contributed by atoms with Gasteiger partial charge in [0.2, 0.25) is 0 Å². The molecule has 31 heavy (non-hydrogen) atoms. The standard InChI is InChI=1S/C22H24N3O4S.Na/c1-15-19(14-30(26)21-24-17-4-2-3-5-18(17)25-21)23-11-8-20(15)29-16-6-9-22(10-7-16)27-12-13-28-22;/h2-5,8,11,16H,6-7,9-10,12-14H2,1H3;/q-1;+1. The third-order valence-electron chi connectivity index (χ3n) is 5.85. The van der Waals surface area contributed by atoms with Crippen molar-refractivity contribution in [3.63, 3.8) is 0 Å². The van der Waals surface area contributed by atoms with Crippen molar-refractivity contribution >= 4 is 21.8 Å². The van der Waals surface area contributed by atoms with Crippen LogP contribution in [0, 0.1) is 6.92 Å². The summed E-state index contributed by atoms with van der Waals surface area (Å²) in [6.45, 7) is 3.32. The fourth-order valence-electron chi connectivity index (χ4n) is 4.12. The largest absolute Gasteiger partial charge is 1.00 e. The van der Waals surface area contributed by atoms with Gasteiger partial charge in [0.05, 0.1) is 41.6 Å². The van der Waals surface area contributed by atoms with E-state index in [-0.39, 0.29) is 41.4 Å². The monoisotopic (exact) mass is 449 g/mol. The quantitative estimate of drug-likeness (QED) is 0.517. The Balaban J connectivity index is 0.00000231. The summed E-state index contributed by atoms with van der Waals surface area (Å²) >= 11 is 0. The average molecular weight is 450 g/mol. The molecule has 3 heterocycles. The van der Waals surface area contributed by atoms with Gasteiger partial charge in [-0.25, -0.2) is 0 Å². The number of hydrogen-bond acceptors (Lipinski definition) is 6. The first-order valence-electron chi connectivity index (χ1n) is 10.3. The molecule has 2 aliphatic rings. The number of para-hydroxylation sites is 2. The minimum atomic E-state index is -1.37. The van der Waals surface area contributed by atoms with Crippen LogP contribution in [0.1, 0.15) is 36.9 Å². The van der Waals surface area contributed by atoms with Gasteiger partial charge in [-0.1, -0.05) is 24.3 Å². The SMILES string of the molecule is Cc1c(OC2CCC3(CC2)OCCO3)ccnc1CS(=O)c1nc2ccccc2[n-]1.[Na+]. The van der Waals surface area contributed by atoms with Crippen molar-refractivity contribution in [1.82, 2.24) is 15.0 Å². The second kappa shape index (κ2) is 9.68. The molecule has 1 unspecified atom stereocenters. The topological polar surface area (TPSA) is 84.6 Å². The van der Waals surface area contributed by atoms with Crippen LogP contribution in [0.3, 0.4) is 0 Å². The molecule has 9 heteroatoms. The van der Waals surface area contributed by atoms with Crippen molar-refractivity contribution in [3.05, 3.63) is 47.8 Å². The number of hydrogen-bond donors (Lipinski definition) is 0. The number of nitrogens with zero attached hydrogens (tertiary/aromatic N) is 3. The summed E-state index contributed by atoms with van der Waals surface area (Å²) in [4.78, 5) is 13.2. The fourth-order valence-corrected chi connectivity index (χ4v) is 5.19. The van der Waals surface area contributed by atoms with Crippen LogP contribution in [0.15, 0.2) is 41.7 Å². The molecule has 1 saturated heterocycles. The zero-order chi connectivity index (χ0) is 20.6. The first-order valence-corrected chi connectivity index (χ1v) is 11.6. The van der Waals surface area contributed by atoms with Gasteiger partial charge in [0.15, 0.2) is 5.79 Å². The molecule has 2 fully saturated rings. The van der Waals surface area contributed by atoms with Crippen molar-refractivity contribution in [2.75, 3.05) is 13.2 Å². The molecule has 5 rings (SSSR count). The van der Waals surface area contributed by atoms with E-state index in [4.69, 9.17) is 14.2 Å². The van der Waals surface area contributed by atoms with E-state index in [0.717, 1.165) is 53.7 Å². The fraction of sp³-hybridized carbons (Fsp3) is 0.455. The van der Waals surface area contributed by atoms with Gasteiger partial charge in [0, 0.05) is 29.8 Å². The van der Waals surface area contributed by atoms with Crippen LogP contribution in [0.2, 0.25) is 0 Å². The number of fused-ring (bicyclic) bond motifs is 1. The Bertz CT molecular complexity index is 1040. The van der Waals surface area contributed by atoms with E-state index >= 15 is 0 Å². The number of benzene rings is 1. The zero-order valence-electron chi connectivity index (χ0n) is 17.9. The van der Waals surface area contributed by atoms with Crippen LogP contribution in [-0.2, 0) is 26.0 Å². The van der Waals surface area contributed by atoms with Gasteiger partial charge in [-0.15, -0.1) is 0 Å². The van der Waals surface area contributed by atoms with Crippen molar-refractivity contribution in [2.24, 2.45) is 0 Å². The molecule has 1 aliphatic carbocycles. The Hall–Kier alpha value is -1.29. The molecule has 3 aromatic rings. The molecule has 158 valence electrons. The van der Waals surface area contributed by atoms with Crippen LogP contribution >= 0.6 is 0 Å². The van der Waals surface area contributed by atoms with Crippen LogP contribution in [-0.4, -0.2) is 39.3 Å². The van der Waals surface area contributed by atoms with E-state index in [1.165, 1.54) is 0 Å². The van der Waals surface area contributed by atoms with E-state index in [1.807, 2.05) is 37.3 Å². The molecule has 1 saturated carbocycles. The Morgan fingerprint density at radius 1 is 1.19 bits per heavy atom. The number of pyridine rings is 1. The second-order valence-electron chi connectivity index (χ2n) is 7.79. The summed E-state index contributed by atoms with van der Waals surface area (Å²) in [5, 5.41) is 0.345. The van der Waals surface area contributed by atoms with E-state index in [1.54, 1.807) is 6.20 Å². The maximum Gasteiger partial charge on any atom is 1.00 e. The van der Waals surface area contributed by atoms with E-state index in [0.29, 0.717) is 18.4 Å². The summed E-state index contributed by atoms with van der Waals surface area (Å²) in [7, 11) is -1.37.